The van der Waals surface area contributed by atoms with Crippen LogP contribution in [0, 0.1) is 5.92 Å². The minimum absolute atomic E-state index is 0.159. The Morgan fingerprint density at radius 1 is 1.46 bits per heavy atom. The van der Waals surface area contributed by atoms with Crippen molar-refractivity contribution < 1.29 is 14.6 Å². The van der Waals surface area contributed by atoms with E-state index in [0.717, 1.165) is 26.1 Å². The van der Waals surface area contributed by atoms with Crippen LogP contribution in [0.1, 0.15) is 12.8 Å². The molecule has 0 radical (unpaired) electrons. The molecule has 0 aromatic rings. The molecular formula is C9H17NO3. The van der Waals surface area contributed by atoms with Gasteiger partial charge in [0.1, 0.15) is 5.60 Å². The fourth-order valence-electron chi connectivity index (χ4n) is 1.87. The highest BCUT2D eigenvalue weighted by molar-refractivity contribution is 4.96. The van der Waals surface area contributed by atoms with Crippen molar-refractivity contribution in [1.82, 2.24) is 0 Å². The summed E-state index contributed by atoms with van der Waals surface area (Å²) in [5.41, 5.74) is 5.15. The molecule has 0 aliphatic carbocycles. The Bertz CT molecular complexity index is 176. The summed E-state index contributed by atoms with van der Waals surface area (Å²) in [4.78, 5) is 0. The maximum absolute atomic E-state index is 9.85. The molecule has 2 atom stereocenters. The number of hydrogen-bond donors (Lipinski definition) is 2. The maximum Gasteiger partial charge on any atom is 0.126 e. The zero-order chi connectivity index (χ0) is 9.31. The lowest BCUT2D eigenvalue weighted by Gasteiger charge is -2.41. The lowest BCUT2D eigenvalue weighted by Crippen LogP contribution is -2.62. The molecule has 4 nitrogen and oxygen atoms in total. The van der Waals surface area contributed by atoms with Crippen molar-refractivity contribution in [2.75, 3.05) is 26.4 Å². The normalized spacial score (nSPS) is 34.2. The van der Waals surface area contributed by atoms with Gasteiger partial charge in [-0.25, -0.2) is 0 Å². The van der Waals surface area contributed by atoms with E-state index in [-0.39, 0.29) is 6.04 Å². The van der Waals surface area contributed by atoms with Crippen molar-refractivity contribution in [3.05, 3.63) is 0 Å². The Hall–Kier alpha value is -0.160. The Labute approximate surface area is 78.0 Å². The van der Waals surface area contributed by atoms with Gasteiger partial charge in [0.2, 0.25) is 0 Å². The lowest BCUT2D eigenvalue weighted by molar-refractivity contribution is -0.191. The standard InChI is InChI=1S/C9H17NO3/c10-8(9(11)5-13-6-9)3-7-1-2-12-4-7/h7-8,11H,1-6,10H2. The summed E-state index contributed by atoms with van der Waals surface area (Å²) in [5.74, 6) is 0.527. The molecular weight excluding hydrogens is 170 g/mol. The van der Waals surface area contributed by atoms with Gasteiger partial charge < -0.3 is 20.3 Å². The Balaban J connectivity index is 1.79. The van der Waals surface area contributed by atoms with Crippen LogP contribution in [0.5, 0.6) is 0 Å². The number of aliphatic hydroxyl groups is 1. The molecule has 0 aromatic carbocycles. The molecule has 0 amide bonds. The molecule has 0 aromatic heterocycles. The van der Waals surface area contributed by atoms with Crippen LogP contribution < -0.4 is 5.73 Å². The van der Waals surface area contributed by atoms with Gasteiger partial charge in [0.25, 0.3) is 0 Å². The first-order valence-electron chi connectivity index (χ1n) is 4.84. The molecule has 3 N–H and O–H groups in total. The van der Waals surface area contributed by atoms with Gasteiger partial charge >= 0.3 is 0 Å². The number of hydrogen-bond acceptors (Lipinski definition) is 4. The summed E-state index contributed by atoms with van der Waals surface area (Å²) in [6.07, 6.45) is 1.92. The van der Waals surface area contributed by atoms with Gasteiger partial charge in [-0.3, -0.25) is 0 Å². The molecule has 76 valence electrons. The van der Waals surface area contributed by atoms with Crippen LogP contribution in [0.4, 0.5) is 0 Å². The predicted molar refractivity (Wildman–Crippen MR) is 47.3 cm³/mol. The third kappa shape index (κ3) is 1.86. The van der Waals surface area contributed by atoms with E-state index in [4.69, 9.17) is 15.2 Å². The monoisotopic (exact) mass is 187 g/mol. The Morgan fingerprint density at radius 3 is 2.69 bits per heavy atom. The average Bonchev–Trinajstić information content (AvgIpc) is 2.52. The van der Waals surface area contributed by atoms with E-state index in [1.165, 1.54) is 0 Å². The van der Waals surface area contributed by atoms with Crippen molar-refractivity contribution in [1.29, 1.82) is 0 Å². The van der Waals surface area contributed by atoms with Crippen molar-refractivity contribution in [2.45, 2.75) is 24.5 Å². The third-order valence-corrected chi connectivity index (χ3v) is 3.01. The summed E-state index contributed by atoms with van der Waals surface area (Å²) in [7, 11) is 0. The topological polar surface area (TPSA) is 64.7 Å². The number of rotatable bonds is 3. The summed E-state index contributed by atoms with van der Waals surface area (Å²) in [6.45, 7) is 2.42. The molecule has 13 heavy (non-hydrogen) atoms. The van der Waals surface area contributed by atoms with Crippen LogP contribution in [-0.2, 0) is 9.47 Å². The summed E-state index contributed by atoms with van der Waals surface area (Å²) < 4.78 is 10.2. The van der Waals surface area contributed by atoms with Crippen LogP contribution in [-0.4, -0.2) is 43.2 Å². The van der Waals surface area contributed by atoms with Gasteiger partial charge in [0, 0.05) is 19.3 Å². The van der Waals surface area contributed by atoms with Crippen molar-refractivity contribution >= 4 is 0 Å². The fraction of sp³-hybridized carbons (Fsp3) is 1.00. The fourth-order valence-corrected chi connectivity index (χ4v) is 1.87. The van der Waals surface area contributed by atoms with E-state index >= 15 is 0 Å². The predicted octanol–water partition coefficient (Wildman–Crippen LogP) is -0.498. The molecule has 2 heterocycles. The van der Waals surface area contributed by atoms with Gasteiger partial charge in [0.05, 0.1) is 13.2 Å². The lowest BCUT2D eigenvalue weighted by atomic mass is 9.86. The highest BCUT2D eigenvalue weighted by atomic mass is 16.5. The minimum Gasteiger partial charge on any atom is -0.383 e. The van der Waals surface area contributed by atoms with E-state index in [0.29, 0.717) is 19.1 Å². The summed E-state index contributed by atoms with van der Waals surface area (Å²) in [6, 6.07) is -0.159. The third-order valence-electron chi connectivity index (χ3n) is 3.01. The van der Waals surface area contributed by atoms with Gasteiger partial charge in [-0.1, -0.05) is 0 Å². The highest BCUT2D eigenvalue weighted by Crippen LogP contribution is 2.26. The second-order valence-corrected chi connectivity index (χ2v) is 4.17. The summed E-state index contributed by atoms with van der Waals surface area (Å²) >= 11 is 0. The van der Waals surface area contributed by atoms with E-state index in [2.05, 4.69) is 0 Å². The van der Waals surface area contributed by atoms with Crippen LogP contribution in [0.25, 0.3) is 0 Å². The minimum atomic E-state index is -0.761. The van der Waals surface area contributed by atoms with E-state index < -0.39 is 5.60 Å². The molecule has 0 saturated carbocycles. The van der Waals surface area contributed by atoms with Crippen LogP contribution >= 0.6 is 0 Å². The van der Waals surface area contributed by atoms with Crippen molar-refractivity contribution in [3.8, 4) is 0 Å². The number of nitrogens with two attached hydrogens (primary N) is 1. The number of ether oxygens (including phenoxy) is 2. The Morgan fingerprint density at radius 2 is 2.23 bits per heavy atom. The van der Waals surface area contributed by atoms with Crippen molar-refractivity contribution in [3.63, 3.8) is 0 Å². The van der Waals surface area contributed by atoms with Crippen LogP contribution in [0.2, 0.25) is 0 Å². The molecule has 2 fully saturated rings. The van der Waals surface area contributed by atoms with Crippen LogP contribution in [0.3, 0.4) is 0 Å². The van der Waals surface area contributed by atoms with E-state index in [1.807, 2.05) is 0 Å². The largest absolute Gasteiger partial charge is 0.383 e. The summed E-state index contributed by atoms with van der Waals surface area (Å²) in [5, 5.41) is 9.85. The zero-order valence-electron chi connectivity index (χ0n) is 7.74. The Kier molecular flexibility index (Phi) is 2.55. The molecule has 2 unspecified atom stereocenters. The molecule has 2 aliphatic heterocycles. The van der Waals surface area contributed by atoms with E-state index in [9.17, 15) is 5.11 Å². The second kappa shape index (κ2) is 3.53. The SMILES string of the molecule is NC(CC1CCOC1)C1(O)COC1. The average molecular weight is 187 g/mol. The second-order valence-electron chi connectivity index (χ2n) is 4.17. The molecule has 2 saturated heterocycles. The van der Waals surface area contributed by atoms with Gasteiger partial charge in [-0.15, -0.1) is 0 Å². The maximum atomic E-state index is 9.85. The smallest absolute Gasteiger partial charge is 0.126 e. The van der Waals surface area contributed by atoms with Gasteiger partial charge in [0.15, 0.2) is 0 Å². The quantitative estimate of drug-likeness (QED) is 0.625. The van der Waals surface area contributed by atoms with Crippen molar-refractivity contribution in [2.24, 2.45) is 11.7 Å². The van der Waals surface area contributed by atoms with Gasteiger partial charge in [-0.05, 0) is 18.8 Å². The molecule has 0 spiro atoms. The zero-order valence-corrected chi connectivity index (χ0v) is 7.74. The van der Waals surface area contributed by atoms with Crippen LogP contribution in [0.15, 0.2) is 0 Å². The molecule has 2 aliphatic rings. The molecule has 4 heteroatoms. The van der Waals surface area contributed by atoms with E-state index in [1.54, 1.807) is 0 Å². The first-order valence-corrected chi connectivity index (χ1v) is 4.84. The highest BCUT2D eigenvalue weighted by Gasteiger charge is 2.42. The van der Waals surface area contributed by atoms with Gasteiger partial charge in [-0.2, -0.15) is 0 Å². The first kappa shape index (κ1) is 9.40. The molecule has 2 rings (SSSR count). The molecule has 0 bridgehead atoms. The first-order chi connectivity index (χ1) is 6.21.